The Morgan fingerprint density at radius 2 is 1.19 bits per heavy atom. The first kappa shape index (κ1) is 126. The van der Waals surface area contributed by atoms with Gasteiger partial charge in [-0.2, -0.15) is 9.97 Å². The van der Waals surface area contributed by atoms with Crippen molar-refractivity contribution in [2.45, 2.75) is 288 Å². The highest BCUT2D eigenvalue weighted by atomic mass is 16.5. The van der Waals surface area contributed by atoms with Crippen LogP contribution in [0, 0.1) is 48.3 Å². The zero-order valence-corrected chi connectivity index (χ0v) is 92.2. The molecule has 0 bridgehead atoms. The first-order valence-corrected chi connectivity index (χ1v) is 50.9. The number of carboxylic acids is 2. The van der Waals surface area contributed by atoms with Gasteiger partial charge in [0.15, 0.2) is 17.0 Å². The third-order valence-corrected chi connectivity index (χ3v) is 26.6. The van der Waals surface area contributed by atoms with Crippen molar-refractivity contribution in [1.29, 1.82) is 0 Å². The van der Waals surface area contributed by atoms with E-state index in [0.29, 0.717) is 72.6 Å². The summed E-state index contributed by atoms with van der Waals surface area (Å²) >= 11 is 0. The maximum absolute atomic E-state index is 15.1. The molecular formula is C105H164N20O24. The van der Waals surface area contributed by atoms with Crippen LogP contribution in [0.25, 0.3) is 11.2 Å². The standard InChI is InChI=1S/C62H111N11O12.C23H31NO7.C20H22N8O5/c1-25-27-28-40(15)52(75)51-56(79)65-43(26-2)58(81)67(18)33-48(74)68(19)44(29-34(3)4)55(78)66-49(38(11)12)61(84)69(20)45(30-35(5)6)54(77)63-41(16)53(76)64-42(17)57(80)70(21)46(31-36(7)8)59(82)71(22)47(32-37(9)10)60(83)72(23)50(39(13)14)62(85)73(51)24;1-15(5-7-19(25)30-13-10-24-8-11-29-12-9-24)4-6-17-21(26)20-18(14-31-23(20)27)16(2)22(17)28-3;1-28(9-11-8-23-17-15(24-11)16(21)26-20(22)27-17)12-4-2-10(3-5-12)18(31)25-13(19(32)33)6-7-14(29)30/h25,27,34-47,49-52,75H,26,28-33H2,1-24H3,(H,63,77)(H,64,76)(H,65,79)(H,66,78);4,26H,5-14H2,1-3H3;2-5,8,13H,6-7,9H2,1H3,(H,25,31)(H,29,30)(H,32,33)(H4,21,22,23,26,27)/b27-25+;15-4+;/t40-,41+,42+,43+,44+,45-,46-,47-,49-,50+,51-,52+;;/m0../s1. The van der Waals surface area contributed by atoms with Crippen molar-refractivity contribution in [2.24, 2.45) is 41.4 Å². The van der Waals surface area contributed by atoms with Crippen molar-refractivity contribution in [3.8, 4) is 11.5 Å². The van der Waals surface area contributed by atoms with E-state index in [-0.39, 0.29) is 110 Å². The Kier molecular flexibility index (Phi) is 50.2. The summed E-state index contributed by atoms with van der Waals surface area (Å²) in [5, 5.41) is 54.0. The summed E-state index contributed by atoms with van der Waals surface area (Å²) in [6.45, 7) is 37.9. The number of aliphatic carboxylic acids is 2. The lowest BCUT2D eigenvalue weighted by atomic mass is 9.91. The number of carbonyl (C=O) groups excluding carboxylic acids is 14. The van der Waals surface area contributed by atoms with Crippen molar-refractivity contribution in [2.75, 3.05) is 126 Å². The molecule has 149 heavy (non-hydrogen) atoms. The molecule has 13 N–H and O–H groups in total. The number of likely N-dealkylation sites (N-methyl/N-ethyl adjacent to an activating group) is 7. The number of aromatic nitrogens is 4. The predicted molar refractivity (Wildman–Crippen MR) is 560 cm³/mol. The van der Waals surface area contributed by atoms with E-state index in [1.165, 1.54) is 99.8 Å². The summed E-state index contributed by atoms with van der Waals surface area (Å²) in [4.78, 5) is 247. The number of amides is 12. The highest BCUT2D eigenvalue weighted by molar-refractivity contribution is 6.02. The third-order valence-electron chi connectivity index (χ3n) is 26.6. The van der Waals surface area contributed by atoms with E-state index in [2.05, 4.69) is 51.4 Å². The number of phenols is 1. The number of phenolic OH excluding ortho intramolecular Hbond substituents is 1. The van der Waals surface area contributed by atoms with E-state index in [1.54, 1.807) is 80.0 Å². The molecule has 0 spiro atoms. The molecule has 2 aromatic carbocycles. The normalized spacial score (nSPS) is 21.4. The number of nitrogens with one attached hydrogen (secondary N) is 5. The molecule has 0 saturated carbocycles. The molecule has 2 aromatic heterocycles. The third kappa shape index (κ3) is 36.3. The van der Waals surface area contributed by atoms with Crippen LogP contribution in [-0.2, 0) is 101 Å². The van der Waals surface area contributed by atoms with Crippen LogP contribution in [0.1, 0.15) is 232 Å². The Morgan fingerprint density at radius 1 is 0.644 bits per heavy atom. The molecule has 44 heteroatoms. The number of ether oxygens (including phenoxy) is 4. The molecule has 2 saturated heterocycles. The number of cyclic esters (lactones) is 1. The number of allylic oxidation sites excluding steroid dienone is 4. The molecule has 1 unspecified atom stereocenters. The van der Waals surface area contributed by atoms with Crippen molar-refractivity contribution in [3.05, 3.63) is 87.8 Å². The summed E-state index contributed by atoms with van der Waals surface area (Å²) < 4.78 is 21.2. The van der Waals surface area contributed by atoms with Gasteiger partial charge in [-0.05, 0) is 164 Å². The smallest absolute Gasteiger partial charge is 0.342 e. The Labute approximate surface area is 875 Å². The van der Waals surface area contributed by atoms with Gasteiger partial charge in [0, 0.05) is 111 Å². The molecule has 828 valence electrons. The monoisotopic (exact) mass is 2090 g/mol. The van der Waals surface area contributed by atoms with Crippen LogP contribution < -0.4 is 47.7 Å². The first-order valence-electron chi connectivity index (χ1n) is 50.9. The van der Waals surface area contributed by atoms with Gasteiger partial charge in [0.05, 0.1) is 51.4 Å². The molecule has 0 aliphatic carbocycles. The lowest BCUT2D eigenvalue weighted by Gasteiger charge is -2.41. The van der Waals surface area contributed by atoms with E-state index in [9.17, 15) is 82.4 Å². The summed E-state index contributed by atoms with van der Waals surface area (Å²) in [6.07, 6.45) is 7.18. The lowest BCUT2D eigenvalue weighted by molar-refractivity contribution is -0.157. The molecule has 13 atom stereocenters. The number of morpholine rings is 1. The molecule has 3 aliphatic heterocycles. The first-order chi connectivity index (χ1) is 69.8. The quantitative estimate of drug-likeness (QED) is 0.0191. The Balaban J connectivity index is 0.000000487. The molecule has 2 fully saturated rings. The summed E-state index contributed by atoms with van der Waals surface area (Å²) in [5.41, 5.74) is 16.9. The fourth-order valence-electron chi connectivity index (χ4n) is 17.6. The van der Waals surface area contributed by atoms with Gasteiger partial charge < -0.3 is 117 Å². The minimum atomic E-state index is -1.61. The van der Waals surface area contributed by atoms with E-state index in [0.717, 1.165) is 59.5 Å². The minimum absolute atomic E-state index is 0.0138. The minimum Gasteiger partial charge on any atom is -0.507 e. The Hall–Kier alpha value is -13.3. The van der Waals surface area contributed by atoms with Crippen molar-refractivity contribution >= 4 is 123 Å². The number of nitrogens with zero attached hydrogens (tertiary/aromatic N) is 13. The molecule has 0 radical (unpaired) electrons. The van der Waals surface area contributed by atoms with Gasteiger partial charge in [-0.25, -0.2) is 19.6 Å². The molecule has 44 nitrogen and oxygen atoms in total. The van der Waals surface area contributed by atoms with Gasteiger partial charge in [0.2, 0.25) is 70.9 Å². The van der Waals surface area contributed by atoms with Gasteiger partial charge in [-0.3, -0.25) is 72.0 Å². The summed E-state index contributed by atoms with van der Waals surface area (Å²) in [5.74, 6) is -12.9. The van der Waals surface area contributed by atoms with Crippen LogP contribution >= 0.6 is 0 Å². The van der Waals surface area contributed by atoms with E-state index < -0.39 is 186 Å². The van der Waals surface area contributed by atoms with Gasteiger partial charge in [0.25, 0.3) is 5.91 Å². The molecule has 5 heterocycles. The number of fused-ring (bicyclic) bond motifs is 2. The van der Waals surface area contributed by atoms with E-state index in [1.807, 2.05) is 93.3 Å². The van der Waals surface area contributed by atoms with Gasteiger partial charge >= 0.3 is 23.9 Å². The number of anilines is 3. The van der Waals surface area contributed by atoms with Crippen LogP contribution in [-0.4, -0.2) is 356 Å². The summed E-state index contributed by atoms with van der Waals surface area (Å²) in [7, 11) is 13.3. The number of nitrogen functional groups attached to an aromatic ring is 2. The number of aliphatic hydroxyl groups is 1. The van der Waals surface area contributed by atoms with Gasteiger partial charge in [-0.1, -0.05) is 121 Å². The van der Waals surface area contributed by atoms with Crippen LogP contribution in [0.15, 0.2) is 54.3 Å². The number of rotatable bonds is 33. The number of methoxy groups -OCH3 is 1. The largest absolute Gasteiger partial charge is 0.507 e. The topological polar surface area (TPSA) is 584 Å². The maximum Gasteiger partial charge on any atom is 0.342 e. The number of nitrogens with two attached hydrogens (primary N) is 2. The summed E-state index contributed by atoms with van der Waals surface area (Å²) in [6, 6.07) is -7.17. The zero-order valence-electron chi connectivity index (χ0n) is 92.2. The van der Waals surface area contributed by atoms with E-state index in [4.69, 9.17) is 35.5 Å². The SMILES string of the molecule is C/C=C/C[C@H](C)[C@@H](O)[C@H]1C(=O)N[C@H](CC)C(=O)N(C)CC(=O)N(C)[C@H](CC(C)C)C(=O)N[C@@H](C(C)C)C(=O)N(C)[C@@H](CC(C)C)C(=O)N[C@H](C)C(=O)N[C@H](C)C(=O)N(C)[C@@H](CC(C)C)C(=O)N(C)[C@@H](CC(C)C)C(=O)N(C)[C@H](C(C)C)C(=O)N1C.CN(Cc1cnc2nc(N)nc(N)c2n1)c1ccc(C(=O)NC(CCC(=O)O)C(=O)O)cc1.COc1c(C)c2c(c(O)c1C/C=C(\C)CCC(=O)OCCN1CCOCC1)C(=O)OC2. The number of esters is 2. The number of benzene rings is 2. The van der Waals surface area contributed by atoms with E-state index >= 15 is 9.59 Å². The number of hydrogen-bond acceptors (Lipinski definition) is 30. The molecule has 3 aliphatic rings. The fourth-order valence-corrected chi connectivity index (χ4v) is 17.6. The van der Waals surface area contributed by atoms with Gasteiger partial charge in [0.1, 0.15) is 96.7 Å². The molecular weight excluding hydrogens is 1930 g/mol. The van der Waals surface area contributed by atoms with Crippen LogP contribution in [0.3, 0.4) is 0 Å². The zero-order chi connectivity index (χ0) is 112. The second-order valence-corrected chi connectivity index (χ2v) is 41.1. The van der Waals surface area contributed by atoms with Crippen LogP contribution in [0.5, 0.6) is 11.5 Å². The number of carbonyl (C=O) groups is 16. The maximum atomic E-state index is 15.1. The second-order valence-electron chi connectivity index (χ2n) is 41.1. The van der Waals surface area contributed by atoms with Crippen LogP contribution in [0.4, 0.5) is 17.5 Å². The Morgan fingerprint density at radius 3 is 1.73 bits per heavy atom. The van der Waals surface area contributed by atoms with Crippen molar-refractivity contribution < 1.29 is 116 Å². The molecule has 4 aromatic rings. The van der Waals surface area contributed by atoms with Crippen molar-refractivity contribution in [1.82, 2.24) is 85.7 Å². The molecule has 7 rings (SSSR count). The Bertz CT molecular complexity index is 5360. The average molecular weight is 2090 g/mol. The average Bonchev–Trinajstić information content (AvgIpc) is 1.77. The lowest BCUT2D eigenvalue weighted by Crippen LogP contribution is -2.63. The van der Waals surface area contributed by atoms with Crippen molar-refractivity contribution in [3.63, 3.8) is 0 Å². The second kappa shape index (κ2) is 59.2. The van der Waals surface area contributed by atoms with Crippen LogP contribution in [0.2, 0.25) is 0 Å². The molecule has 12 amide bonds. The highest BCUT2D eigenvalue weighted by Gasteiger charge is 2.47. The number of hydrogen-bond donors (Lipinski definition) is 11. The number of aromatic hydroxyl groups is 1. The fraction of sp³-hybridized carbons (Fsp3) is 0.638. The highest BCUT2D eigenvalue weighted by Crippen LogP contribution is 2.42. The number of carboxylic acid groups (broad SMARTS) is 2. The van der Waals surface area contributed by atoms with Gasteiger partial charge in [-0.15, -0.1) is 0 Å². The predicted octanol–water partition coefficient (Wildman–Crippen LogP) is 6.06. The number of aliphatic hydroxyl groups excluding tert-OH is 1.